The van der Waals surface area contributed by atoms with Crippen LogP contribution in [0.2, 0.25) is 0 Å². The molecule has 17 heavy (non-hydrogen) atoms. The van der Waals surface area contributed by atoms with Gasteiger partial charge in [0.2, 0.25) is 0 Å². The molecule has 0 spiro atoms. The third-order valence-corrected chi connectivity index (χ3v) is 1.95. The van der Waals surface area contributed by atoms with Gasteiger partial charge in [0.15, 0.2) is 18.9 Å². The molecule has 96 valence electrons. The Labute approximate surface area is 101 Å². The van der Waals surface area contributed by atoms with E-state index in [0.717, 1.165) is 0 Å². The SMILES string of the molecule is CC(O)OC(C)OC(C)Oc1ccc(N)cc1. The number of rotatable bonds is 6. The molecule has 0 heterocycles. The largest absolute Gasteiger partial charge is 0.465 e. The molecule has 0 fully saturated rings. The lowest BCUT2D eigenvalue weighted by Crippen LogP contribution is -2.27. The van der Waals surface area contributed by atoms with E-state index < -0.39 is 18.9 Å². The van der Waals surface area contributed by atoms with Gasteiger partial charge in [0, 0.05) is 5.69 Å². The highest BCUT2D eigenvalue weighted by Crippen LogP contribution is 2.15. The topological polar surface area (TPSA) is 73.9 Å². The van der Waals surface area contributed by atoms with Gasteiger partial charge in [-0.3, -0.25) is 0 Å². The molecule has 5 heteroatoms. The fraction of sp³-hybridized carbons (Fsp3) is 0.500. The zero-order valence-electron chi connectivity index (χ0n) is 10.3. The van der Waals surface area contributed by atoms with E-state index >= 15 is 0 Å². The van der Waals surface area contributed by atoms with Crippen molar-refractivity contribution in [3.63, 3.8) is 0 Å². The monoisotopic (exact) mass is 241 g/mol. The zero-order valence-corrected chi connectivity index (χ0v) is 10.3. The number of hydrogen-bond donors (Lipinski definition) is 2. The summed E-state index contributed by atoms with van der Waals surface area (Å²) in [7, 11) is 0. The van der Waals surface area contributed by atoms with E-state index in [1.54, 1.807) is 38.1 Å². The van der Waals surface area contributed by atoms with E-state index in [-0.39, 0.29) is 0 Å². The van der Waals surface area contributed by atoms with Crippen molar-refractivity contribution in [3.05, 3.63) is 24.3 Å². The summed E-state index contributed by atoms with van der Waals surface area (Å²) in [5, 5.41) is 9.00. The maximum atomic E-state index is 9.00. The second-order valence-corrected chi connectivity index (χ2v) is 3.69. The average molecular weight is 241 g/mol. The Balaban J connectivity index is 2.38. The molecule has 0 aliphatic carbocycles. The summed E-state index contributed by atoms with van der Waals surface area (Å²) in [6, 6.07) is 7.01. The second kappa shape index (κ2) is 6.44. The average Bonchev–Trinajstić information content (AvgIpc) is 2.19. The second-order valence-electron chi connectivity index (χ2n) is 3.69. The molecular formula is C12H19NO4. The summed E-state index contributed by atoms with van der Waals surface area (Å²) in [5.41, 5.74) is 6.24. The molecule has 1 aromatic rings. The molecule has 0 saturated carbocycles. The Hall–Kier alpha value is -1.30. The predicted octanol–water partition coefficient (Wildman–Crippen LogP) is 1.71. The van der Waals surface area contributed by atoms with Crippen molar-refractivity contribution in [1.29, 1.82) is 0 Å². The number of hydrogen-bond acceptors (Lipinski definition) is 5. The maximum absolute atomic E-state index is 9.00. The van der Waals surface area contributed by atoms with Gasteiger partial charge in [-0.2, -0.15) is 0 Å². The van der Waals surface area contributed by atoms with Gasteiger partial charge < -0.3 is 25.1 Å². The van der Waals surface area contributed by atoms with Crippen LogP contribution in [0.4, 0.5) is 5.69 Å². The molecule has 5 nitrogen and oxygen atoms in total. The highest BCUT2D eigenvalue weighted by atomic mass is 16.8. The lowest BCUT2D eigenvalue weighted by atomic mass is 10.3. The van der Waals surface area contributed by atoms with Gasteiger partial charge in [0.25, 0.3) is 0 Å². The summed E-state index contributed by atoms with van der Waals surface area (Å²) in [4.78, 5) is 0. The minimum absolute atomic E-state index is 0.479. The van der Waals surface area contributed by atoms with Crippen molar-refractivity contribution < 1.29 is 19.3 Å². The summed E-state index contributed by atoms with van der Waals surface area (Å²) >= 11 is 0. The van der Waals surface area contributed by atoms with E-state index in [2.05, 4.69) is 0 Å². The molecule has 0 aliphatic heterocycles. The van der Waals surface area contributed by atoms with Crippen LogP contribution in [0.25, 0.3) is 0 Å². The first-order chi connectivity index (χ1) is 7.97. The van der Waals surface area contributed by atoms with E-state index in [1.165, 1.54) is 6.92 Å². The van der Waals surface area contributed by atoms with Crippen LogP contribution in [0.3, 0.4) is 0 Å². The molecule has 0 aliphatic rings. The van der Waals surface area contributed by atoms with Gasteiger partial charge in [-0.1, -0.05) is 0 Å². The summed E-state index contributed by atoms with van der Waals surface area (Å²) in [6.45, 7) is 4.96. The van der Waals surface area contributed by atoms with Crippen LogP contribution >= 0.6 is 0 Å². The van der Waals surface area contributed by atoms with Crippen LogP contribution in [-0.4, -0.2) is 24.0 Å². The van der Waals surface area contributed by atoms with Crippen molar-refractivity contribution in [2.24, 2.45) is 0 Å². The molecule has 1 aromatic carbocycles. The number of aliphatic hydroxyl groups excluding tert-OH is 1. The summed E-state index contributed by atoms with van der Waals surface area (Å²) in [5.74, 6) is 0.663. The number of ether oxygens (including phenoxy) is 3. The van der Waals surface area contributed by atoms with Crippen molar-refractivity contribution >= 4 is 5.69 Å². The number of aliphatic hydroxyl groups is 1. The smallest absolute Gasteiger partial charge is 0.199 e. The van der Waals surface area contributed by atoms with Crippen LogP contribution in [0.5, 0.6) is 5.75 Å². The van der Waals surface area contributed by atoms with Crippen LogP contribution in [0.1, 0.15) is 20.8 Å². The van der Waals surface area contributed by atoms with Crippen molar-refractivity contribution in [2.75, 3.05) is 5.73 Å². The first-order valence-electron chi connectivity index (χ1n) is 5.48. The third-order valence-electron chi connectivity index (χ3n) is 1.95. The molecule has 3 unspecified atom stereocenters. The highest BCUT2D eigenvalue weighted by molar-refractivity contribution is 5.41. The predicted molar refractivity (Wildman–Crippen MR) is 64.3 cm³/mol. The standard InChI is InChI=1S/C12H19NO4/c1-8(14)15-9(2)16-10(3)17-12-6-4-11(13)5-7-12/h4-10,14H,13H2,1-3H3. The van der Waals surface area contributed by atoms with E-state index in [4.69, 9.17) is 25.1 Å². The Morgan fingerprint density at radius 1 is 1.00 bits per heavy atom. The number of benzene rings is 1. The normalized spacial score (nSPS) is 16.2. The van der Waals surface area contributed by atoms with Crippen molar-refractivity contribution in [3.8, 4) is 5.75 Å². The van der Waals surface area contributed by atoms with Crippen molar-refractivity contribution in [2.45, 2.75) is 39.6 Å². The van der Waals surface area contributed by atoms with Gasteiger partial charge in [0.05, 0.1) is 0 Å². The molecular weight excluding hydrogens is 222 g/mol. The molecule has 3 N–H and O–H groups in total. The minimum Gasteiger partial charge on any atom is -0.465 e. The van der Waals surface area contributed by atoms with Crippen LogP contribution in [0, 0.1) is 0 Å². The first kappa shape index (κ1) is 13.8. The lowest BCUT2D eigenvalue weighted by molar-refractivity contribution is -0.253. The van der Waals surface area contributed by atoms with Gasteiger partial charge in [-0.25, -0.2) is 0 Å². The zero-order chi connectivity index (χ0) is 12.8. The maximum Gasteiger partial charge on any atom is 0.199 e. The van der Waals surface area contributed by atoms with E-state index in [0.29, 0.717) is 11.4 Å². The van der Waals surface area contributed by atoms with Crippen LogP contribution in [0.15, 0.2) is 24.3 Å². The van der Waals surface area contributed by atoms with Gasteiger partial charge in [0.1, 0.15) is 5.75 Å². The Morgan fingerprint density at radius 3 is 2.12 bits per heavy atom. The number of nitrogens with two attached hydrogens (primary N) is 1. The van der Waals surface area contributed by atoms with Gasteiger partial charge >= 0.3 is 0 Å². The van der Waals surface area contributed by atoms with Gasteiger partial charge in [-0.05, 0) is 45.0 Å². The molecule has 3 atom stereocenters. The molecule has 0 amide bonds. The van der Waals surface area contributed by atoms with E-state index in [1.807, 2.05) is 0 Å². The molecule has 1 rings (SSSR count). The Kier molecular flexibility index (Phi) is 5.21. The highest BCUT2D eigenvalue weighted by Gasteiger charge is 2.11. The lowest BCUT2D eigenvalue weighted by Gasteiger charge is -2.21. The summed E-state index contributed by atoms with van der Waals surface area (Å²) < 4.78 is 15.9. The van der Waals surface area contributed by atoms with Gasteiger partial charge in [-0.15, -0.1) is 0 Å². The van der Waals surface area contributed by atoms with E-state index in [9.17, 15) is 0 Å². The van der Waals surface area contributed by atoms with Crippen LogP contribution in [-0.2, 0) is 9.47 Å². The Bertz CT molecular complexity index is 326. The fourth-order valence-electron chi connectivity index (χ4n) is 1.35. The molecule has 0 saturated heterocycles. The molecule has 0 bridgehead atoms. The number of anilines is 1. The summed E-state index contributed by atoms with van der Waals surface area (Å²) in [6.07, 6.45) is -1.89. The fourth-order valence-corrected chi connectivity index (χ4v) is 1.35. The van der Waals surface area contributed by atoms with Crippen LogP contribution < -0.4 is 10.5 Å². The Morgan fingerprint density at radius 2 is 1.59 bits per heavy atom. The quantitative estimate of drug-likeness (QED) is 0.586. The third kappa shape index (κ3) is 5.53. The first-order valence-corrected chi connectivity index (χ1v) is 5.48. The molecule has 0 radical (unpaired) electrons. The molecule has 0 aromatic heterocycles. The minimum atomic E-state index is -0.867. The van der Waals surface area contributed by atoms with Crippen molar-refractivity contribution in [1.82, 2.24) is 0 Å². The number of nitrogen functional groups attached to an aromatic ring is 1.